The Morgan fingerprint density at radius 2 is 2.10 bits per heavy atom. The van der Waals surface area contributed by atoms with Gasteiger partial charge in [-0.05, 0) is 39.0 Å². The molecule has 1 amide bonds. The van der Waals surface area contributed by atoms with Gasteiger partial charge in [-0.1, -0.05) is 6.92 Å². The number of carbonyl (C=O) groups is 1. The minimum atomic E-state index is -3.17. The monoisotopic (exact) mass is 305 g/mol. The van der Waals surface area contributed by atoms with Crippen molar-refractivity contribution in [2.24, 2.45) is 5.73 Å². The fraction of sp³-hybridized carbons (Fsp3) is 0.923. The minimum absolute atomic E-state index is 0.0240. The number of nitrogens with one attached hydrogen (secondary N) is 1. The van der Waals surface area contributed by atoms with E-state index in [1.54, 1.807) is 6.92 Å². The largest absolute Gasteiger partial charge is 0.338 e. The van der Waals surface area contributed by atoms with Crippen LogP contribution in [0.2, 0.25) is 0 Å². The summed E-state index contributed by atoms with van der Waals surface area (Å²) in [6.45, 7) is 4.74. The molecule has 6 nitrogen and oxygen atoms in total. The predicted molar refractivity (Wildman–Crippen MR) is 79.7 cm³/mol. The first kappa shape index (κ1) is 17.4. The molecule has 1 fully saturated rings. The lowest BCUT2D eigenvalue weighted by Gasteiger charge is -2.40. The fourth-order valence-corrected chi connectivity index (χ4v) is 2.95. The van der Waals surface area contributed by atoms with E-state index in [1.165, 1.54) is 0 Å². The molecule has 0 spiro atoms. The Labute approximate surface area is 122 Å². The van der Waals surface area contributed by atoms with Crippen molar-refractivity contribution >= 4 is 15.9 Å². The van der Waals surface area contributed by atoms with E-state index < -0.39 is 15.6 Å². The molecule has 0 aromatic rings. The van der Waals surface area contributed by atoms with Crippen molar-refractivity contribution in [3.05, 3.63) is 0 Å². The maximum atomic E-state index is 12.5. The first-order chi connectivity index (χ1) is 9.17. The summed E-state index contributed by atoms with van der Waals surface area (Å²) in [6.07, 6.45) is 5.35. The first-order valence-corrected chi connectivity index (χ1v) is 9.11. The molecule has 20 heavy (non-hydrogen) atoms. The molecule has 0 bridgehead atoms. The van der Waals surface area contributed by atoms with Crippen molar-refractivity contribution in [3.63, 3.8) is 0 Å². The van der Waals surface area contributed by atoms with Gasteiger partial charge in [0.1, 0.15) is 0 Å². The van der Waals surface area contributed by atoms with Crippen LogP contribution in [0, 0.1) is 0 Å². The van der Waals surface area contributed by atoms with Crippen LogP contribution in [0.25, 0.3) is 0 Å². The van der Waals surface area contributed by atoms with Gasteiger partial charge < -0.3 is 10.6 Å². The first-order valence-electron chi connectivity index (χ1n) is 7.22. The third kappa shape index (κ3) is 5.03. The summed E-state index contributed by atoms with van der Waals surface area (Å²) in [4.78, 5) is 14.3. The van der Waals surface area contributed by atoms with Crippen molar-refractivity contribution < 1.29 is 13.2 Å². The van der Waals surface area contributed by atoms with Crippen LogP contribution in [-0.4, -0.2) is 50.2 Å². The highest BCUT2D eigenvalue weighted by atomic mass is 32.2. The van der Waals surface area contributed by atoms with Gasteiger partial charge in [0, 0.05) is 19.1 Å². The number of hydrogen-bond acceptors (Lipinski definition) is 4. The average Bonchev–Trinajstić information content (AvgIpc) is 2.37. The van der Waals surface area contributed by atoms with Gasteiger partial charge in [-0.3, -0.25) is 4.79 Å². The molecular weight excluding hydrogens is 278 g/mol. The Morgan fingerprint density at radius 3 is 2.65 bits per heavy atom. The molecule has 3 N–H and O–H groups in total. The van der Waals surface area contributed by atoms with Gasteiger partial charge in [-0.25, -0.2) is 13.1 Å². The SMILES string of the molecule is CCC(C)(N)C(=O)N1CCCCC1CCNS(C)(=O)=O. The molecule has 0 radical (unpaired) electrons. The van der Waals surface area contributed by atoms with Crippen LogP contribution in [0.3, 0.4) is 0 Å². The van der Waals surface area contributed by atoms with E-state index >= 15 is 0 Å². The normalized spacial score (nSPS) is 23.4. The van der Waals surface area contributed by atoms with Crippen LogP contribution in [0.5, 0.6) is 0 Å². The Bertz CT molecular complexity index is 434. The van der Waals surface area contributed by atoms with Gasteiger partial charge in [0.05, 0.1) is 11.8 Å². The summed E-state index contributed by atoms with van der Waals surface area (Å²) in [7, 11) is -3.17. The molecule has 0 aromatic heterocycles. The summed E-state index contributed by atoms with van der Waals surface area (Å²) < 4.78 is 24.6. The summed E-state index contributed by atoms with van der Waals surface area (Å²) in [5.74, 6) is -0.0240. The number of amides is 1. The number of piperidine rings is 1. The van der Waals surface area contributed by atoms with E-state index in [1.807, 2.05) is 11.8 Å². The second-order valence-electron chi connectivity index (χ2n) is 5.87. The second-order valence-corrected chi connectivity index (χ2v) is 7.71. The molecule has 1 saturated heterocycles. The molecule has 2 atom stereocenters. The quantitative estimate of drug-likeness (QED) is 0.744. The maximum Gasteiger partial charge on any atom is 0.242 e. The Hall–Kier alpha value is -0.660. The van der Waals surface area contributed by atoms with Crippen LogP contribution in [0.4, 0.5) is 0 Å². The number of likely N-dealkylation sites (tertiary alicyclic amines) is 1. The molecule has 1 aliphatic rings. The second kappa shape index (κ2) is 6.87. The highest BCUT2D eigenvalue weighted by Crippen LogP contribution is 2.23. The summed E-state index contributed by atoms with van der Waals surface area (Å²) >= 11 is 0. The van der Waals surface area contributed by atoms with Crippen molar-refractivity contribution in [3.8, 4) is 0 Å². The lowest BCUT2D eigenvalue weighted by Crippen LogP contribution is -2.57. The lowest BCUT2D eigenvalue weighted by molar-refractivity contribution is -0.140. The zero-order chi connectivity index (χ0) is 15.4. The van der Waals surface area contributed by atoms with Crippen LogP contribution < -0.4 is 10.5 Å². The molecular formula is C13H27N3O3S. The molecule has 1 heterocycles. The molecule has 1 rings (SSSR count). The van der Waals surface area contributed by atoms with E-state index in [0.717, 1.165) is 32.1 Å². The van der Waals surface area contributed by atoms with Gasteiger partial charge in [-0.15, -0.1) is 0 Å². The van der Waals surface area contributed by atoms with Crippen LogP contribution >= 0.6 is 0 Å². The average molecular weight is 305 g/mol. The molecule has 2 unspecified atom stereocenters. The van der Waals surface area contributed by atoms with Gasteiger partial charge in [0.2, 0.25) is 15.9 Å². The van der Waals surface area contributed by atoms with Crippen molar-refractivity contribution in [2.45, 2.75) is 57.5 Å². The third-order valence-corrected chi connectivity index (χ3v) is 4.68. The lowest BCUT2D eigenvalue weighted by atomic mass is 9.93. The van der Waals surface area contributed by atoms with E-state index in [0.29, 0.717) is 19.4 Å². The number of carbonyl (C=O) groups excluding carboxylic acids is 1. The van der Waals surface area contributed by atoms with Gasteiger partial charge >= 0.3 is 0 Å². The molecule has 0 aliphatic carbocycles. The fourth-order valence-electron chi connectivity index (χ4n) is 2.46. The van der Waals surface area contributed by atoms with Crippen LogP contribution in [0.15, 0.2) is 0 Å². The van der Waals surface area contributed by atoms with E-state index in [9.17, 15) is 13.2 Å². The molecule has 7 heteroatoms. The van der Waals surface area contributed by atoms with E-state index in [4.69, 9.17) is 5.73 Å². The zero-order valence-electron chi connectivity index (χ0n) is 12.7. The topological polar surface area (TPSA) is 92.5 Å². The van der Waals surface area contributed by atoms with Crippen molar-refractivity contribution in [2.75, 3.05) is 19.3 Å². The van der Waals surface area contributed by atoms with Gasteiger partial charge in [0.25, 0.3) is 0 Å². The summed E-state index contributed by atoms with van der Waals surface area (Å²) in [5, 5.41) is 0. The number of hydrogen-bond donors (Lipinski definition) is 2. The maximum absolute atomic E-state index is 12.5. The van der Waals surface area contributed by atoms with Gasteiger partial charge in [0.15, 0.2) is 0 Å². The highest BCUT2D eigenvalue weighted by molar-refractivity contribution is 7.88. The van der Waals surface area contributed by atoms with Crippen LogP contribution in [-0.2, 0) is 14.8 Å². The van der Waals surface area contributed by atoms with E-state index in [2.05, 4.69) is 4.72 Å². The van der Waals surface area contributed by atoms with E-state index in [-0.39, 0.29) is 11.9 Å². The van der Waals surface area contributed by atoms with Crippen LogP contribution in [0.1, 0.15) is 46.0 Å². The number of nitrogens with two attached hydrogens (primary N) is 1. The van der Waals surface area contributed by atoms with Crippen molar-refractivity contribution in [1.82, 2.24) is 9.62 Å². The Morgan fingerprint density at radius 1 is 1.45 bits per heavy atom. The van der Waals surface area contributed by atoms with Crippen molar-refractivity contribution in [1.29, 1.82) is 0 Å². The molecule has 0 saturated carbocycles. The minimum Gasteiger partial charge on any atom is -0.338 e. The zero-order valence-corrected chi connectivity index (χ0v) is 13.5. The molecule has 0 aromatic carbocycles. The summed E-state index contributed by atoms with van der Waals surface area (Å²) in [5.41, 5.74) is 5.21. The predicted octanol–water partition coefficient (Wildman–Crippen LogP) is 0.434. The Kier molecular flexibility index (Phi) is 5.97. The Balaban J connectivity index is 2.65. The molecule has 1 aliphatic heterocycles. The smallest absolute Gasteiger partial charge is 0.242 e. The third-order valence-electron chi connectivity index (χ3n) is 3.95. The highest BCUT2D eigenvalue weighted by Gasteiger charge is 2.35. The summed E-state index contributed by atoms with van der Waals surface area (Å²) in [6, 6.07) is 0.0833. The van der Waals surface area contributed by atoms with Gasteiger partial charge in [-0.2, -0.15) is 0 Å². The standard InChI is InChI=1S/C13H27N3O3S/c1-4-13(2,14)12(17)16-10-6-5-7-11(16)8-9-15-20(3,18)19/h11,15H,4-10,14H2,1-3H3. The molecule has 118 valence electrons. The number of nitrogens with zero attached hydrogens (tertiary/aromatic N) is 1. The number of sulfonamides is 1. The number of rotatable bonds is 6.